The Morgan fingerprint density at radius 3 is 2.64 bits per heavy atom. The zero-order valence-electron chi connectivity index (χ0n) is 7.27. The molecule has 0 saturated carbocycles. The lowest BCUT2D eigenvalue weighted by Gasteiger charge is -1.95. The molecule has 0 radical (unpaired) electrons. The summed E-state index contributed by atoms with van der Waals surface area (Å²) in [7, 11) is 0. The molecule has 0 N–H and O–H groups in total. The normalized spacial score (nSPS) is 10.4. The summed E-state index contributed by atoms with van der Waals surface area (Å²) in [4.78, 5) is 12.4. The van der Waals surface area contributed by atoms with Crippen molar-refractivity contribution in [1.82, 2.24) is 15.0 Å². The van der Waals surface area contributed by atoms with Gasteiger partial charge in [-0.25, -0.2) is 15.0 Å². The van der Waals surface area contributed by atoms with Crippen molar-refractivity contribution in [2.45, 2.75) is 16.4 Å². The third-order valence-corrected chi connectivity index (χ3v) is 3.55. The standard InChI is InChI=1S/C8H6ClN3S2/c1-5-2-10-7(11-3-5)14-8-12-6(9)4-13-8/h2-4H,1H3. The molecule has 14 heavy (non-hydrogen) atoms. The largest absolute Gasteiger partial charge is 0.230 e. The van der Waals surface area contributed by atoms with Crippen LogP contribution in [0.5, 0.6) is 0 Å². The third kappa shape index (κ3) is 2.43. The second-order valence-corrected chi connectivity index (χ2v) is 5.04. The van der Waals surface area contributed by atoms with Crippen LogP contribution in [0, 0.1) is 6.92 Å². The van der Waals surface area contributed by atoms with Gasteiger partial charge in [0.2, 0.25) is 0 Å². The molecule has 0 bridgehead atoms. The van der Waals surface area contributed by atoms with Crippen LogP contribution in [-0.2, 0) is 0 Å². The van der Waals surface area contributed by atoms with Crippen LogP contribution in [0.25, 0.3) is 0 Å². The summed E-state index contributed by atoms with van der Waals surface area (Å²) in [5.74, 6) is 0. The van der Waals surface area contributed by atoms with Crippen LogP contribution in [0.3, 0.4) is 0 Å². The van der Waals surface area contributed by atoms with Gasteiger partial charge in [-0.05, 0) is 24.2 Å². The summed E-state index contributed by atoms with van der Waals surface area (Å²) in [6.07, 6.45) is 3.56. The van der Waals surface area contributed by atoms with Gasteiger partial charge in [-0.2, -0.15) is 0 Å². The maximum atomic E-state index is 5.70. The predicted molar refractivity (Wildman–Crippen MR) is 58.0 cm³/mol. The fourth-order valence-corrected chi connectivity index (χ4v) is 2.59. The molecule has 0 aliphatic heterocycles. The number of aryl methyl sites for hydroxylation is 1. The molecule has 0 fully saturated rings. The Hall–Kier alpha value is -0.650. The number of aromatic nitrogens is 3. The van der Waals surface area contributed by atoms with Crippen LogP contribution < -0.4 is 0 Å². The summed E-state index contributed by atoms with van der Waals surface area (Å²) in [6.45, 7) is 1.95. The predicted octanol–water partition coefficient (Wildman–Crippen LogP) is 3.05. The van der Waals surface area contributed by atoms with Crippen molar-refractivity contribution in [3.05, 3.63) is 28.5 Å². The molecule has 3 nitrogen and oxygen atoms in total. The lowest BCUT2D eigenvalue weighted by atomic mass is 10.4. The number of hydrogen-bond acceptors (Lipinski definition) is 5. The number of thiazole rings is 1. The molecule has 0 saturated heterocycles. The number of nitrogens with zero attached hydrogens (tertiary/aromatic N) is 3. The molecule has 0 aliphatic carbocycles. The zero-order valence-corrected chi connectivity index (χ0v) is 9.66. The minimum atomic E-state index is 0.518. The molecule has 2 heterocycles. The first-order chi connectivity index (χ1) is 6.74. The molecule has 0 amide bonds. The number of hydrogen-bond donors (Lipinski definition) is 0. The zero-order chi connectivity index (χ0) is 9.97. The van der Waals surface area contributed by atoms with Gasteiger partial charge >= 0.3 is 0 Å². The van der Waals surface area contributed by atoms with Gasteiger partial charge in [0, 0.05) is 17.8 Å². The fourth-order valence-electron chi connectivity index (χ4n) is 0.797. The van der Waals surface area contributed by atoms with Crippen LogP contribution >= 0.6 is 34.7 Å². The molecule has 6 heteroatoms. The van der Waals surface area contributed by atoms with Crippen molar-refractivity contribution >= 4 is 34.7 Å². The van der Waals surface area contributed by atoms with Gasteiger partial charge in [0.1, 0.15) is 5.15 Å². The first kappa shape index (κ1) is 9.89. The first-order valence-electron chi connectivity index (χ1n) is 3.81. The molecule has 0 aromatic carbocycles. The summed E-state index contributed by atoms with van der Waals surface area (Å²) in [6, 6.07) is 0. The van der Waals surface area contributed by atoms with Crippen LogP contribution in [-0.4, -0.2) is 15.0 Å². The van der Waals surface area contributed by atoms with E-state index in [-0.39, 0.29) is 0 Å². The summed E-state index contributed by atoms with van der Waals surface area (Å²) >= 11 is 8.60. The van der Waals surface area contributed by atoms with Crippen LogP contribution in [0.15, 0.2) is 27.3 Å². The lowest BCUT2D eigenvalue weighted by molar-refractivity contribution is 0.948. The van der Waals surface area contributed by atoms with Crippen molar-refractivity contribution in [3.8, 4) is 0 Å². The van der Waals surface area contributed by atoms with E-state index in [0.29, 0.717) is 10.3 Å². The molecular formula is C8H6ClN3S2. The molecule has 0 aliphatic rings. The Morgan fingerprint density at radius 2 is 2.07 bits per heavy atom. The van der Waals surface area contributed by atoms with E-state index in [1.54, 1.807) is 17.8 Å². The van der Waals surface area contributed by atoms with Gasteiger partial charge in [-0.15, -0.1) is 11.3 Å². The van der Waals surface area contributed by atoms with Crippen LogP contribution in [0.1, 0.15) is 5.56 Å². The minimum absolute atomic E-state index is 0.518. The van der Waals surface area contributed by atoms with Gasteiger partial charge in [0.05, 0.1) is 0 Å². The maximum Gasteiger partial charge on any atom is 0.194 e. The highest BCUT2D eigenvalue weighted by atomic mass is 35.5. The van der Waals surface area contributed by atoms with Crippen molar-refractivity contribution in [2.24, 2.45) is 0 Å². The Labute approximate surface area is 94.6 Å². The van der Waals surface area contributed by atoms with E-state index in [1.807, 2.05) is 6.92 Å². The van der Waals surface area contributed by atoms with Gasteiger partial charge < -0.3 is 0 Å². The highest BCUT2D eigenvalue weighted by Crippen LogP contribution is 2.28. The second-order valence-electron chi connectivity index (χ2n) is 2.58. The average Bonchev–Trinajstić information content (AvgIpc) is 2.56. The fraction of sp³-hybridized carbons (Fsp3) is 0.125. The van der Waals surface area contributed by atoms with Gasteiger partial charge in [-0.1, -0.05) is 11.6 Å². The van der Waals surface area contributed by atoms with Gasteiger partial charge in [-0.3, -0.25) is 0 Å². The summed E-state index contributed by atoms with van der Waals surface area (Å²) in [5, 5.41) is 3.00. The van der Waals surface area contributed by atoms with E-state index in [2.05, 4.69) is 15.0 Å². The topological polar surface area (TPSA) is 38.7 Å². The third-order valence-electron chi connectivity index (χ3n) is 1.39. The van der Waals surface area contributed by atoms with Crippen molar-refractivity contribution in [3.63, 3.8) is 0 Å². The summed E-state index contributed by atoms with van der Waals surface area (Å²) in [5.41, 5.74) is 1.05. The Balaban J connectivity index is 2.15. The van der Waals surface area contributed by atoms with Gasteiger partial charge in [0.15, 0.2) is 9.50 Å². The molecule has 0 unspecified atom stereocenters. The molecule has 72 valence electrons. The second kappa shape index (κ2) is 4.25. The van der Waals surface area contributed by atoms with E-state index >= 15 is 0 Å². The molecule has 0 atom stereocenters. The number of rotatable bonds is 2. The van der Waals surface area contributed by atoms with Crippen molar-refractivity contribution in [1.29, 1.82) is 0 Å². The Kier molecular flexibility index (Phi) is 3.00. The van der Waals surface area contributed by atoms with Gasteiger partial charge in [0.25, 0.3) is 0 Å². The maximum absolute atomic E-state index is 5.70. The van der Waals surface area contributed by atoms with Crippen LogP contribution in [0.4, 0.5) is 0 Å². The number of halogens is 1. The van der Waals surface area contributed by atoms with E-state index in [0.717, 1.165) is 9.90 Å². The molecule has 2 aromatic rings. The highest BCUT2D eigenvalue weighted by Gasteiger charge is 2.04. The van der Waals surface area contributed by atoms with Crippen molar-refractivity contribution in [2.75, 3.05) is 0 Å². The monoisotopic (exact) mass is 243 g/mol. The summed E-state index contributed by atoms with van der Waals surface area (Å²) < 4.78 is 0.860. The highest BCUT2D eigenvalue weighted by molar-refractivity contribution is 8.00. The molecule has 2 rings (SSSR count). The van der Waals surface area contributed by atoms with Crippen molar-refractivity contribution < 1.29 is 0 Å². The molecular weight excluding hydrogens is 238 g/mol. The first-order valence-corrected chi connectivity index (χ1v) is 5.89. The Morgan fingerprint density at radius 1 is 1.36 bits per heavy atom. The van der Waals surface area contributed by atoms with Crippen LogP contribution in [0.2, 0.25) is 5.15 Å². The van der Waals surface area contributed by atoms with E-state index < -0.39 is 0 Å². The minimum Gasteiger partial charge on any atom is -0.230 e. The lowest BCUT2D eigenvalue weighted by Crippen LogP contribution is -1.85. The van der Waals surface area contributed by atoms with E-state index in [9.17, 15) is 0 Å². The molecule has 2 aromatic heterocycles. The average molecular weight is 244 g/mol. The SMILES string of the molecule is Cc1cnc(Sc2nc(Cl)cs2)nc1. The smallest absolute Gasteiger partial charge is 0.194 e. The van der Waals surface area contributed by atoms with E-state index in [1.165, 1.54) is 23.1 Å². The van der Waals surface area contributed by atoms with E-state index in [4.69, 9.17) is 11.6 Å². The Bertz CT molecular complexity index is 426. The molecule has 0 spiro atoms. The quantitative estimate of drug-likeness (QED) is 0.760.